The summed E-state index contributed by atoms with van der Waals surface area (Å²) in [5, 5.41) is 12.1. The van der Waals surface area contributed by atoms with E-state index in [4.69, 9.17) is 9.57 Å². The van der Waals surface area contributed by atoms with E-state index in [2.05, 4.69) is 21.1 Å². The van der Waals surface area contributed by atoms with Crippen LogP contribution in [0.5, 0.6) is 5.75 Å². The molecule has 3 N–H and O–H groups in total. The third kappa shape index (κ3) is 3.71. The summed E-state index contributed by atoms with van der Waals surface area (Å²) < 4.78 is 5.30. The van der Waals surface area contributed by atoms with Crippen LogP contribution in [-0.2, 0) is 9.63 Å². The fraction of sp³-hybridized carbons (Fsp3) is 0.400. The van der Waals surface area contributed by atoms with Gasteiger partial charge in [0.05, 0.1) is 17.9 Å². The van der Waals surface area contributed by atoms with Gasteiger partial charge in [-0.05, 0) is 18.6 Å². The van der Waals surface area contributed by atoms with Gasteiger partial charge in [-0.2, -0.15) is 0 Å². The van der Waals surface area contributed by atoms with Crippen molar-refractivity contribution in [1.82, 2.24) is 5.32 Å². The van der Waals surface area contributed by atoms with Gasteiger partial charge >= 0.3 is 6.03 Å². The highest BCUT2D eigenvalue weighted by atomic mass is 16.6. The van der Waals surface area contributed by atoms with Gasteiger partial charge in [-0.25, -0.2) is 4.79 Å². The topological polar surface area (TPSA) is 101 Å². The Balaban J connectivity index is 1.49. The second-order valence-corrected chi connectivity index (χ2v) is 5.33. The van der Waals surface area contributed by atoms with Crippen LogP contribution < -0.4 is 20.7 Å². The number of carbonyl (C=O) groups is 2. The Morgan fingerprint density at radius 2 is 2.35 bits per heavy atom. The molecule has 0 bridgehead atoms. The molecule has 8 nitrogen and oxygen atoms in total. The molecule has 0 saturated heterocycles. The Hall–Kier alpha value is -2.77. The van der Waals surface area contributed by atoms with Gasteiger partial charge in [0, 0.05) is 18.2 Å². The van der Waals surface area contributed by atoms with Crippen molar-refractivity contribution in [2.24, 2.45) is 5.16 Å². The smallest absolute Gasteiger partial charge is 0.319 e. The van der Waals surface area contributed by atoms with Crippen molar-refractivity contribution < 1.29 is 19.2 Å². The predicted molar refractivity (Wildman–Crippen MR) is 84.8 cm³/mol. The number of nitrogens with zero attached hydrogens (tertiary/aromatic N) is 1. The van der Waals surface area contributed by atoms with Crippen LogP contribution in [0.1, 0.15) is 19.8 Å². The lowest BCUT2D eigenvalue weighted by Gasteiger charge is -2.18. The Morgan fingerprint density at radius 1 is 1.48 bits per heavy atom. The van der Waals surface area contributed by atoms with E-state index >= 15 is 0 Å². The number of amides is 3. The average molecular weight is 318 g/mol. The number of oxime groups is 1. The van der Waals surface area contributed by atoms with Crippen molar-refractivity contribution in [1.29, 1.82) is 0 Å². The molecule has 8 heteroatoms. The molecular formula is C15H18N4O4. The summed E-state index contributed by atoms with van der Waals surface area (Å²) in [5.74, 6) is 0.337. The molecule has 0 spiro atoms. The maximum absolute atomic E-state index is 11.9. The Labute approximate surface area is 133 Å². The number of carbonyl (C=O) groups excluding carboxylic acids is 2. The van der Waals surface area contributed by atoms with Crippen molar-refractivity contribution in [3.8, 4) is 5.75 Å². The Kier molecular flexibility index (Phi) is 4.31. The molecular weight excluding hydrogens is 300 g/mol. The van der Waals surface area contributed by atoms with Gasteiger partial charge in [0.15, 0.2) is 6.61 Å². The summed E-state index contributed by atoms with van der Waals surface area (Å²) in [7, 11) is 0. The van der Waals surface area contributed by atoms with Gasteiger partial charge in [-0.1, -0.05) is 12.1 Å². The van der Waals surface area contributed by atoms with Crippen LogP contribution in [0.3, 0.4) is 0 Å². The molecule has 122 valence electrons. The molecule has 2 heterocycles. The van der Waals surface area contributed by atoms with Crippen molar-refractivity contribution >= 4 is 29.0 Å². The molecule has 0 aliphatic carbocycles. The fourth-order valence-electron chi connectivity index (χ4n) is 2.34. The van der Waals surface area contributed by atoms with Gasteiger partial charge in [0.25, 0.3) is 5.91 Å². The third-order valence-electron chi connectivity index (χ3n) is 3.56. The van der Waals surface area contributed by atoms with Crippen LogP contribution in [0.25, 0.3) is 0 Å². The molecule has 0 aromatic heterocycles. The van der Waals surface area contributed by atoms with E-state index in [1.807, 2.05) is 6.92 Å². The number of rotatable bonds is 4. The summed E-state index contributed by atoms with van der Waals surface area (Å²) in [6.07, 6.45) is 1.48. The number of nitrogens with one attached hydrogen (secondary N) is 3. The molecule has 1 atom stereocenters. The molecule has 3 rings (SSSR count). The summed E-state index contributed by atoms with van der Waals surface area (Å²) in [6, 6.07) is 4.71. The first-order valence-electron chi connectivity index (χ1n) is 7.47. The van der Waals surface area contributed by atoms with E-state index < -0.39 is 0 Å². The van der Waals surface area contributed by atoms with Gasteiger partial charge in [0.2, 0.25) is 0 Å². The summed E-state index contributed by atoms with van der Waals surface area (Å²) >= 11 is 0. The lowest BCUT2D eigenvalue weighted by molar-refractivity contribution is -0.118. The first kappa shape index (κ1) is 15.1. The third-order valence-corrected chi connectivity index (χ3v) is 3.56. The van der Waals surface area contributed by atoms with Crippen LogP contribution in [0.15, 0.2) is 23.4 Å². The molecule has 1 aromatic rings. The normalized spacial score (nSPS) is 18.9. The lowest BCUT2D eigenvalue weighted by Crippen LogP contribution is -2.35. The van der Waals surface area contributed by atoms with E-state index in [-0.39, 0.29) is 24.6 Å². The predicted octanol–water partition coefficient (Wildman–Crippen LogP) is 1.69. The Morgan fingerprint density at radius 3 is 3.13 bits per heavy atom. The zero-order valence-corrected chi connectivity index (χ0v) is 12.7. The minimum Gasteiger partial charge on any atom is -0.482 e. The van der Waals surface area contributed by atoms with E-state index in [0.717, 1.165) is 18.6 Å². The SMILES string of the molecule is CCC1=NO[C@@H](CNC(=O)Nc2ccc3c(c2)OCC(=O)N3)C1. The molecule has 0 saturated carbocycles. The molecule has 3 amide bonds. The maximum Gasteiger partial charge on any atom is 0.319 e. The minimum atomic E-state index is -0.335. The van der Waals surface area contributed by atoms with E-state index in [1.54, 1.807) is 18.2 Å². The van der Waals surface area contributed by atoms with Gasteiger partial charge in [-0.3, -0.25) is 4.79 Å². The number of hydrogen-bond donors (Lipinski definition) is 3. The highest BCUT2D eigenvalue weighted by Gasteiger charge is 2.20. The molecule has 1 aromatic carbocycles. The second kappa shape index (κ2) is 6.55. The molecule has 23 heavy (non-hydrogen) atoms. The van der Waals surface area contributed by atoms with Gasteiger partial charge < -0.3 is 25.5 Å². The van der Waals surface area contributed by atoms with E-state index in [1.165, 1.54) is 0 Å². The zero-order chi connectivity index (χ0) is 16.2. The minimum absolute atomic E-state index is 0.0264. The highest BCUT2D eigenvalue weighted by Crippen LogP contribution is 2.30. The molecule has 2 aliphatic heterocycles. The van der Waals surface area contributed by atoms with Crippen LogP contribution in [0.2, 0.25) is 0 Å². The van der Waals surface area contributed by atoms with Crippen LogP contribution in [0.4, 0.5) is 16.2 Å². The summed E-state index contributed by atoms with van der Waals surface area (Å²) in [6.45, 7) is 2.38. The number of urea groups is 1. The van der Waals surface area contributed by atoms with Crippen molar-refractivity contribution in [2.45, 2.75) is 25.9 Å². The van der Waals surface area contributed by atoms with Crippen molar-refractivity contribution in [2.75, 3.05) is 23.8 Å². The van der Waals surface area contributed by atoms with Crippen LogP contribution >= 0.6 is 0 Å². The molecule has 0 unspecified atom stereocenters. The number of anilines is 2. The highest BCUT2D eigenvalue weighted by molar-refractivity contribution is 5.96. The number of fused-ring (bicyclic) bond motifs is 1. The quantitative estimate of drug-likeness (QED) is 0.786. The Bertz CT molecular complexity index is 659. The lowest BCUT2D eigenvalue weighted by atomic mass is 10.1. The maximum atomic E-state index is 11.9. The number of ether oxygens (including phenoxy) is 1. The van der Waals surface area contributed by atoms with Crippen LogP contribution in [-0.4, -0.2) is 36.9 Å². The molecule has 0 fully saturated rings. The monoisotopic (exact) mass is 318 g/mol. The van der Waals surface area contributed by atoms with E-state index in [9.17, 15) is 9.59 Å². The summed E-state index contributed by atoms with van der Waals surface area (Å²) in [4.78, 5) is 28.3. The van der Waals surface area contributed by atoms with Gasteiger partial charge in [0.1, 0.15) is 11.9 Å². The largest absolute Gasteiger partial charge is 0.482 e. The first-order chi connectivity index (χ1) is 11.1. The zero-order valence-electron chi connectivity index (χ0n) is 12.7. The second-order valence-electron chi connectivity index (χ2n) is 5.33. The van der Waals surface area contributed by atoms with Crippen molar-refractivity contribution in [3.05, 3.63) is 18.2 Å². The van der Waals surface area contributed by atoms with E-state index in [0.29, 0.717) is 23.7 Å². The van der Waals surface area contributed by atoms with Crippen LogP contribution in [0, 0.1) is 0 Å². The summed E-state index contributed by atoms with van der Waals surface area (Å²) in [5.41, 5.74) is 2.18. The average Bonchev–Trinajstić information content (AvgIpc) is 3.01. The number of benzene rings is 1. The molecule has 2 aliphatic rings. The fourth-order valence-corrected chi connectivity index (χ4v) is 2.34. The number of hydrogen-bond acceptors (Lipinski definition) is 5. The standard InChI is InChI=1S/C15H18N4O4/c1-2-9-5-11(23-19-9)7-16-15(21)17-10-3-4-12-13(6-10)22-8-14(20)18-12/h3-4,6,11H,2,5,7-8H2,1H3,(H,18,20)(H2,16,17,21)/t11-/m1/s1. The molecule has 0 radical (unpaired) electrons. The van der Waals surface area contributed by atoms with Gasteiger partial charge in [-0.15, -0.1) is 0 Å². The van der Waals surface area contributed by atoms with Crippen molar-refractivity contribution in [3.63, 3.8) is 0 Å². The first-order valence-corrected chi connectivity index (χ1v) is 7.47.